The molecule has 0 spiro atoms. The quantitative estimate of drug-likeness (QED) is 0.655. The fraction of sp³-hybridized carbons (Fsp3) is 0.312. The van der Waals surface area contributed by atoms with Crippen LogP contribution in [0.4, 0.5) is 0 Å². The molecule has 3 rings (SSSR count). The van der Waals surface area contributed by atoms with Crippen molar-refractivity contribution in [1.82, 2.24) is 9.55 Å². The lowest BCUT2D eigenvalue weighted by Crippen LogP contribution is -2.03. The number of rotatable bonds is 2. The maximum Gasteiger partial charge on any atom is 0.0677 e. The van der Waals surface area contributed by atoms with Crippen LogP contribution in [0.15, 0.2) is 36.7 Å². The van der Waals surface area contributed by atoms with E-state index < -0.39 is 0 Å². The van der Waals surface area contributed by atoms with Crippen molar-refractivity contribution in [2.75, 3.05) is 0 Å². The molecule has 0 saturated heterocycles. The molecule has 2 heterocycles. The molecule has 0 unspecified atom stereocenters. The van der Waals surface area contributed by atoms with Crippen molar-refractivity contribution in [2.24, 2.45) is 5.92 Å². The van der Waals surface area contributed by atoms with Crippen molar-refractivity contribution < 1.29 is 0 Å². The van der Waals surface area contributed by atoms with Gasteiger partial charge in [-0.1, -0.05) is 25.5 Å². The van der Waals surface area contributed by atoms with Crippen LogP contribution in [0.1, 0.15) is 19.4 Å². The van der Waals surface area contributed by atoms with Crippen LogP contribution in [-0.4, -0.2) is 9.55 Å². The van der Waals surface area contributed by atoms with Crippen LogP contribution >= 0.6 is 0 Å². The van der Waals surface area contributed by atoms with Gasteiger partial charge in [-0.2, -0.15) is 0 Å². The number of aromatic nitrogens is 2. The Morgan fingerprint density at radius 2 is 1.94 bits per heavy atom. The van der Waals surface area contributed by atoms with Gasteiger partial charge < -0.3 is 4.57 Å². The maximum absolute atomic E-state index is 4.28. The van der Waals surface area contributed by atoms with E-state index >= 15 is 0 Å². The monoisotopic (exact) mass is 238 g/mol. The maximum atomic E-state index is 4.28. The molecular formula is C16H18N2. The van der Waals surface area contributed by atoms with Gasteiger partial charge in [0.15, 0.2) is 0 Å². The fourth-order valence-electron chi connectivity index (χ4n) is 2.62. The van der Waals surface area contributed by atoms with Gasteiger partial charge >= 0.3 is 0 Å². The second-order valence-electron chi connectivity index (χ2n) is 5.42. The first-order valence-corrected chi connectivity index (χ1v) is 6.49. The number of hydrogen-bond acceptors (Lipinski definition) is 1. The molecule has 2 aromatic heterocycles. The molecule has 0 N–H and O–H groups in total. The zero-order chi connectivity index (χ0) is 12.7. The van der Waals surface area contributed by atoms with Crippen LogP contribution in [0.3, 0.4) is 0 Å². The average Bonchev–Trinajstić information content (AvgIpc) is 2.64. The number of benzene rings is 1. The lowest BCUT2D eigenvalue weighted by atomic mass is 10.1. The van der Waals surface area contributed by atoms with Crippen molar-refractivity contribution in [1.29, 1.82) is 0 Å². The Kier molecular flexibility index (Phi) is 2.58. The molecule has 92 valence electrons. The standard InChI is InChI=1S/C16H18N2/c1-11(2)10-18-15-5-4-12(3)8-14(15)13-6-7-17-9-16(13)18/h4-9,11H,10H2,1-3H3. The first kappa shape index (κ1) is 11.3. The van der Waals surface area contributed by atoms with Crippen molar-refractivity contribution in [2.45, 2.75) is 27.3 Å². The summed E-state index contributed by atoms with van der Waals surface area (Å²) in [5, 5.41) is 2.65. The van der Waals surface area contributed by atoms with Crippen molar-refractivity contribution in [3.8, 4) is 0 Å². The molecule has 3 aromatic rings. The lowest BCUT2D eigenvalue weighted by Gasteiger charge is -2.09. The summed E-state index contributed by atoms with van der Waals surface area (Å²) in [4.78, 5) is 4.28. The number of pyridine rings is 1. The molecule has 0 aliphatic rings. The van der Waals surface area contributed by atoms with Crippen LogP contribution in [0.5, 0.6) is 0 Å². The van der Waals surface area contributed by atoms with Crippen LogP contribution in [0.25, 0.3) is 21.8 Å². The van der Waals surface area contributed by atoms with E-state index in [0.29, 0.717) is 5.92 Å². The summed E-state index contributed by atoms with van der Waals surface area (Å²) in [5.74, 6) is 0.630. The van der Waals surface area contributed by atoms with Gasteiger partial charge in [0.05, 0.1) is 11.7 Å². The van der Waals surface area contributed by atoms with E-state index in [1.54, 1.807) is 0 Å². The summed E-state index contributed by atoms with van der Waals surface area (Å²) in [5.41, 5.74) is 3.87. The van der Waals surface area contributed by atoms with Gasteiger partial charge in [0.25, 0.3) is 0 Å². The normalized spacial score (nSPS) is 11.8. The highest BCUT2D eigenvalue weighted by Gasteiger charge is 2.11. The highest BCUT2D eigenvalue weighted by Crippen LogP contribution is 2.29. The largest absolute Gasteiger partial charge is 0.339 e. The fourth-order valence-corrected chi connectivity index (χ4v) is 2.62. The summed E-state index contributed by atoms with van der Waals surface area (Å²) >= 11 is 0. The number of aryl methyl sites for hydroxylation is 1. The Hall–Kier alpha value is -1.83. The minimum Gasteiger partial charge on any atom is -0.339 e. The van der Waals surface area contributed by atoms with Gasteiger partial charge in [0.1, 0.15) is 0 Å². The predicted octanol–water partition coefficient (Wildman–Crippen LogP) is 4.15. The smallest absolute Gasteiger partial charge is 0.0677 e. The minimum absolute atomic E-state index is 0.630. The molecule has 0 aliphatic carbocycles. The second-order valence-corrected chi connectivity index (χ2v) is 5.42. The Labute approximate surface area is 107 Å². The van der Waals surface area contributed by atoms with Crippen molar-refractivity contribution >= 4 is 21.8 Å². The number of hydrogen-bond donors (Lipinski definition) is 0. The average molecular weight is 238 g/mol. The molecule has 0 bridgehead atoms. The lowest BCUT2D eigenvalue weighted by molar-refractivity contribution is 0.545. The second kappa shape index (κ2) is 4.13. The van der Waals surface area contributed by atoms with Crippen molar-refractivity contribution in [3.05, 3.63) is 42.2 Å². The summed E-state index contributed by atoms with van der Waals surface area (Å²) in [6.45, 7) is 7.69. The molecule has 0 atom stereocenters. The molecular weight excluding hydrogens is 220 g/mol. The Balaban J connectivity index is 2.42. The highest BCUT2D eigenvalue weighted by atomic mass is 15.0. The van der Waals surface area contributed by atoms with Gasteiger partial charge in [-0.05, 0) is 31.0 Å². The van der Waals surface area contributed by atoms with E-state index in [1.807, 2.05) is 12.4 Å². The van der Waals surface area contributed by atoms with E-state index in [4.69, 9.17) is 0 Å². The zero-order valence-electron chi connectivity index (χ0n) is 11.1. The third-order valence-corrected chi connectivity index (χ3v) is 3.37. The number of nitrogens with zero attached hydrogens (tertiary/aromatic N) is 2. The predicted molar refractivity (Wildman–Crippen MR) is 76.8 cm³/mol. The number of fused-ring (bicyclic) bond motifs is 3. The molecule has 0 saturated carbocycles. The van der Waals surface area contributed by atoms with Gasteiger partial charge in [0, 0.05) is 29.0 Å². The van der Waals surface area contributed by atoms with Crippen molar-refractivity contribution in [3.63, 3.8) is 0 Å². The van der Waals surface area contributed by atoms with Crippen LogP contribution in [-0.2, 0) is 6.54 Å². The molecule has 2 nitrogen and oxygen atoms in total. The van der Waals surface area contributed by atoms with Gasteiger partial charge in [-0.15, -0.1) is 0 Å². The van der Waals surface area contributed by atoms with E-state index in [9.17, 15) is 0 Å². The van der Waals surface area contributed by atoms with Crippen LogP contribution in [0.2, 0.25) is 0 Å². The Morgan fingerprint density at radius 3 is 2.72 bits per heavy atom. The van der Waals surface area contributed by atoms with Crippen LogP contribution in [0, 0.1) is 12.8 Å². The van der Waals surface area contributed by atoms with Gasteiger partial charge in [-0.25, -0.2) is 0 Å². The molecule has 0 fully saturated rings. The first-order valence-electron chi connectivity index (χ1n) is 6.49. The molecule has 0 radical (unpaired) electrons. The molecule has 0 amide bonds. The van der Waals surface area contributed by atoms with Crippen LogP contribution < -0.4 is 0 Å². The van der Waals surface area contributed by atoms with Gasteiger partial charge in [-0.3, -0.25) is 4.98 Å². The summed E-state index contributed by atoms with van der Waals surface area (Å²) < 4.78 is 2.39. The third-order valence-electron chi connectivity index (χ3n) is 3.37. The third kappa shape index (κ3) is 1.69. The first-order chi connectivity index (χ1) is 8.66. The van der Waals surface area contributed by atoms with Gasteiger partial charge in [0.2, 0.25) is 0 Å². The van der Waals surface area contributed by atoms with E-state index in [0.717, 1.165) is 6.54 Å². The Morgan fingerprint density at radius 1 is 1.11 bits per heavy atom. The summed E-state index contributed by atoms with van der Waals surface area (Å²) in [6.07, 6.45) is 3.86. The summed E-state index contributed by atoms with van der Waals surface area (Å²) in [7, 11) is 0. The molecule has 0 aliphatic heterocycles. The topological polar surface area (TPSA) is 17.8 Å². The highest BCUT2D eigenvalue weighted by molar-refractivity contribution is 6.07. The van der Waals surface area contributed by atoms with E-state index in [2.05, 4.69) is 54.6 Å². The van der Waals surface area contributed by atoms with E-state index in [1.165, 1.54) is 27.4 Å². The Bertz CT molecular complexity index is 708. The summed E-state index contributed by atoms with van der Waals surface area (Å²) in [6, 6.07) is 8.81. The zero-order valence-corrected chi connectivity index (χ0v) is 11.1. The molecule has 18 heavy (non-hydrogen) atoms. The molecule has 1 aromatic carbocycles. The minimum atomic E-state index is 0.630. The SMILES string of the molecule is Cc1ccc2c(c1)c1ccncc1n2CC(C)C. The van der Waals surface area contributed by atoms with E-state index in [-0.39, 0.29) is 0 Å². The molecule has 2 heteroatoms.